The number of nitrogens with one attached hydrogen (secondary N) is 2. The summed E-state index contributed by atoms with van der Waals surface area (Å²) in [5, 5.41) is 7.41. The van der Waals surface area contributed by atoms with Gasteiger partial charge in [-0.05, 0) is 67.1 Å². The lowest BCUT2D eigenvalue weighted by Crippen LogP contribution is -2.20. The van der Waals surface area contributed by atoms with Crippen LogP contribution in [0.15, 0.2) is 81.2 Å². The molecule has 0 fully saturated rings. The van der Waals surface area contributed by atoms with E-state index in [0.717, 1.165) is 4.47 Å². The standard InChI is InChI=1S/C21H16BrCl2N3O3S/c1-13(26-27-31(29,30)18-9-4-15(22)5-10-18)14-2-7-17(8-3-14)25-21(28)19-11-6-16(23)12-20(19)24/h2-12,27H,1H3,(H,25,28)/b26-13+. The van der Waals surface area contributed by atoms with Gasteiger partial charge in [-0.2, -0.15) is 18.4 Å². The Kier molecular flexibility index (Phi) is 7.38. The lowest BCUT2D eigenvalue weighted by molar-refractivity contribution is 0.102. The molecule has 0 aliphatic heterocycles. The highest BCUT2D eigenvalue weighted by Crippen LogP contribution is 2.22. The third kappa shape index (κ3) is 6.07. The molecule has 160 valence electrons. The van der Waals surface area contributed by atoms with Gasteiger partial charge in [0.05, 0.1) is 21.2 Å². The van der Waals surface area contributed by atoms with Crippen LogP contribution in [0.2, 0.25) is 10.0 Å². The quantitative estimate of drug-likeness (QED) is 0.310. The van der Waals surface area contributed by atoms with Crippen LogP contribution in [0.3, 0.4) is 0 Å². The molecule has 1 amide bonds. The number of hydrazone groups is 1. The first kappa shape index (κ1) is 23.3. The molecule has 0 heterocycles. The molecular weight excluding hydrogens is 525 g/mol. The molecule has 0 aliphatic rings. The average molecular weight is 541 g/mol. The molecule has 0 aromatic heterocycles. The SMILES string of the molecule is C/C(=N\NS(=O)(=O)c1ccc(Br)cc1)c1ccc(NC(=O)c2ccc(Cl)cc2Cl)cc1. The van der Waals surface area contributed by atoms with E-state index < -0.39 is 10.0 Å². The van der Waals surface area contributed by atoms with Gasteiger partial charge in [-0.25, -0.2) is 0 Å². The van der Waals surface area contributed by atoms with Gasteiger partial charge >= 0.3 is 0 Å². The van der Waals surface area contributed by atoms with Crippen LogP contribution in [-0.4, -0.2) is 20.0 Å². The topological polar surface area (TPSA) is 87.6 Å². The molecule has 3 aromatic carbocycles. The van der Waals surface area contributed by atoms with Crippen LogP contribution in [0.5, 0.6) is 0 Å². The molecule has 6 nitrogen and oxygen atoms in total. The van der Waals surface area contributed by atoms with Crippen LogP contribution in [0, 0.1) is 0 Å². The predicted molar refractivity (Wildman–Crippen MR) is 128 cm³/mol. The fourth-order valence-electron chi connectivity index (χ4n) is 2.53. The first-order valence-electron chi connectivity index (χ1n) is 8.84. The van der Waals surface area contributed by atoms with E-state index in [2.05, 4.69) is 31.2 Å². The minimum absolute atomic E-state index is 0.103. The van der Waals surface area contributed by atoms with Gasteiger partial charge in [0.25, 0.3) is 15.9 Å². The molecular formula is C21H16BrCl2N3O3S. The van der Waals surface area contributed by atoms with Crippen molar-refractivity contribution in [2.75, 3.05) is 5.32 Å². The fraction of sp³-hybridized carbons (Fsp3) is 0.0476. The summed E-state index contributed by atoms with van der Waals surface area (Å²) in [6.07, 6.45) is 0. The number of sulfonamides is 1. The maximum absolute atomic E-state index is 12.4. The van der Waals surface area contributed by atoms with Gasteiger partial charge in [0, 0.05) is 15.2 Å². The van der Waals surface area contributed by atoms with E-state index in [1.807, 2.05) is 0 Å². The highest BCUT2D eigenvalue weighted by atomic mass is 79.9. The van der Waals surface area contributed by atoms with E-state index >= 15 is 0 Å². The van der Waals surface area contributed by atoms with Gasteiger partial charge in [-0.1, -0.05) is 51.3 Å². The van der Waals surface area contributed by atoms with Gasteiger partial charge in [-0.15, -0.1) is 0 Å². The largest absolute Gasteiger partial charge is 0.322 e. The second-order valence-corrected chi connectivity index (χ2v) is 9.82. The van der Waals surface area contributed by atoms with Gasteiger partial charge in [0.15, 0.2) is 0 Å². The van der Waals surface area contributed by atoms with Crippen molar-refractivity contribution in [1.82, 2.24) is 4.83 Å². The average Bonchev–Trinajstić information content (AvgIpc) is 2.73. The Morgan fingerprint density at radius 3 is 2.23 bits per heavy atom. The Balaban J connectivity index is 1.68. The molecule has 10 heteroatoms. The van der Waals surface area contributed by atoms with Crippen molar-refractivity contribution in [3.63, 3.8) is 0 Å². The number of amides is 1. The highest BCUT2D eigenvalue weighted by Gasteiger charge is 2.13. The Labute approximate surface area is 198 Å². The molecule has 0 aliphatic carbocycles. The number of carbonyl (C=O) groups excluding carboxylic acids is 1. The van der Waals surface area contributed by atoms with E-state index in [1.54, 1.807) is 55.5 Å². The summed E-state index contributed by atoms with van der Waals surface area (Å²) in [4.78, 5) is 14.7. The van der Waals surface area contributed by atoms with E-state index in [4.69, 9.17) is 23.2 Å². The zero-order valence-corrected chi connectivity index (χ0v) is 20.0. The summed E-state index contributed by atoms with van der Waals surface area (Å²) in [5.41, 5.74) is 1.98. The van der Waals surface area contributed by atoms with Crippen molar-refractivity contribution >= 4 is 66.5 Å². The molecule has 0 atom stereocenters. The summed E-state index contributed by atoms with van der Waals surface area (Å²) in [6, 6.07) is 17.6. The zero-order valence-electron chi connectivity index (χ0n) is 16.1. The Hall–Kier alpha value is -2.39. The van der Waals surface area contributed by atoms with E-state index in [-0.39, 0.29) is 15.8 Å². The highest BCUT2D eigenvalue weighted by molar-refractivity contribution is 9.10. The molecule has 3 rings (SSSR count). The van der Waals surface area contributed by atoms with Crippen LogP contribution >= 0.6 is 39.1 Å². The van der Waals surface area contributed by atoms with Crippen molar-refractivity contribution in [2.45, 2.75) is 11.8 Å². The number of hydrogen-bond acceptors (Lipinski definition) is 4. The number of carbonyl (C=O) groups is 1. The van der Waals surface area contributed by atoms with E-state index in [0.29, 0.717) is 27.5 Å². The number of hydrogen-bond donors (Lipinski definition) is 2. The maximum atomic E-state index is 12.4. The zero-order chi connectivity index (χ0) is 22.6. The predicted octanol–water partition coefficient (Wildman–Crippen LogP) is 5.71. The first-order valence-corrected chi connectivity index (χ1v) is 11.9. The summed E-state index contributed by atoms with van der Waals surface area (Å²) in [7, 11) is -3.78. The molecule has 31 heavy (non-hydrogen) atoms. The smallest absolute Gasteiger partial charge is 0.276 e. The van der Waals surface area contributed by atoms with Gasteiger partial charge in [0.1, 0.15) is 0 Å². The van der Waals surface area contributed by atoms with Crippen molar-refractivity contribution in [2.24, 2.45) is 5.10 Å². The summed E-state index contributed by atoms with van der Waals surface area (Å²) in [6.45, 7) is 1.67. The van der Waals surface area contributed by atoms with Crippen LogP contribution in [0.1, 0.15) is 22.8 Å². The normalized spacial score (nSPS) is 11.8. The monoisotopic (exact) mass is 539 g/mol. The van der Waals surface area contributed by atoms with Crippen LogP contribution in [0.4, 0.5) is 5.69 Å². The van der Waals surface area contributed by atoms with E-state index in [9.17, 15) is 13.2 Å². The first-order chi connectivity index (χ1) is 14.7. The molecule has 0 radical (unpaired) electrons. The lowest BCUT2D eigenvalue weighted by atomic mass is 10.1. The minimum Gasteiger partial charge on any atom is -0.322 e. The fourth-order valence-corrected chi connectivity index (χ4v) is 4.14. The number of benzene rings is 3. The minimum atomic E-state index is -3.78. The summed E-state index contributed by atoms with van der Waals surface area (Å²) < 4.78 is 25.5. The summed E-state index contributed by atoms with van der Waals surface area (Å²) in [5.74, 6) is -0.373. The second kappa shape index (κ2) is 9.82. The molecule has 0 saturated heterocycles. The van der Waals surface area contributed by atoms with Crippen molar-refractivity contribution in [3.05, 3.63) is 92.4 Å². The summed E-state index contributed by atoms with van der Waals surface area (Å²) >= 11 is 15.2. The van der Waals surface area contributed by atoms with Gasteiger partial charge in [-0.3, -0.25) is 4.79 Å². The number of halogens is 3. The molecule has 0 bridgehead atoms. The maximum Gasteiger partial charge on any atom is 0.276 e. The van der Waals surface area contributed by atoms with Crippen LogP contribution in [0.25, 0.3) is 0 Å². The third-order valence-corrected chi connectivity index (χ3v) is 6.49. The Bertz CT molecular complexity index is 1250. The lowest BCUT2D eigenvalue weighted by Gasteiger charge is -2.09. The Morgan fingerprint density at radius 2 is 1.61 bits per heavy atom. The number of rotatable bonds is 6. The molecule has 2 N–H and O–H groups in total. The van der Waals surface area contributed by atoms with Crippen LogP contribution < -0.4 is 10.1 Å². The van der Waals surface area contributed by atoms with Crippen molar-refractivity contribution in [1.29, 1.82) is 0 Å². The number of anilines is 1. The van der Waals surface area contributed by atoms with Crippen LogP contribution in [-0.2, 0) is 10.0 Å². The third-order valence-electron chi connectivity index (χ3n) is 4.19. The van der Waals surface area contributed by atoms with Crippen molar-refractivity contribution in [3.8, 4) is 0 Å². The molecule has 0 saturated carbocycles. The van der Waals surface area contributed by atoms with Gasteiger partial charge < -0.3 is 5.32 Å². The number of nitrogens with zero attached hydrogens (tertiary/aromatic N) is 1. The van der Waals surface area contributed by atoms with E-state index in [1.165, 1.54) is 18.2 Å². The second-order valence-electron chi connectivity index (χ2n) is 6.40. The molecule has 0 spiro atoms. The molecule has 0 unspecified atom stereocenters. The van der Waals surface area contributed by atoms with Crippen molar-refractivity contribution < 1.29 is 13.2 Å². The van der Waals surface area contributed by atoms with Gasteiger partial charge in [0.2, 0.25) is 0 Å². The molecule has 3 aromatic rings. The Morgan fingerprint density at radius 1 is 0.968 bits per heavy atom.